The van der Waals surface area contributed by atoms with Crippen LogP contribution in [0, 0.1) is 21.7 Å². The summed E-state index contributed by atoms with van der Waals surface area (Å²) in [5, 5.41) is 10.9. The van der Waals surface area contributed by atoms with Crippen molar-refractivity contribution in [2.75, 3.05) is 6.26 Å². The normalized spacial score (nSPS) is 10.3. The van der Waals surface area contributed by atoms with Crippen molar-refractivity contribution in [1.29, 1.82) is 0 Å². The van der Waals surface area contributed by atoms with Crippen LogP contribution in [-0.2, 0) is 0 Å². The number of nitro groups is 1. The minimum absolute atomic E-state index is 0.0904. The number of halogens is 2. The molecule has 0 aliphatic carbocycles. The van der Waals surface area contributed by atoms with Crippen molar-refractivity contribution < 1.29 is 18.4 Å². The number of hydrogen-bond acceptors (Lipinski definition) is 4. The molecule has 0 amide bonds. The van der Waals surface area contributed by atoms with Gasteiger partial charge in [0.1, 0.15) is 5.82 Å². The van der Waals surface area contributed by atoms with Gasteiger partial charge in [-0.05, 0) is 24.5 Å². The van der Waals surface area contributed by atoms with Crippen LogP contribution in [0.25, 0.3) is 0 Å². The molecule has 7 heteroatoms. The van der Waals surface area contributed by atoms with E-state index in [0.29, 0.717) is 6.07 Å². The molecular weight excluding hydrogens is 288 g/mol. The highest BCUT2D eigenvalue weighted by Gasteiger charge is 2.18. The van der Waals surface area contributed by atoms with Crippen molar-refractivity contribution in [3.05, 3.63) is 58.1 Å². The fraction of sp³-hybridized carbons (Fsp3) is 0.0769. The summed E-state index contributed by atoms with van der Waals surface area (Å²) in [4.78, 5) is 11.0. The number of hydrogen-bond donors (Lipinski definition) is 0. The topological polar surface area (TPSA) is 52.4 Å². The molecule has 0 radical (unpaired) electrons. The predicted molar refractivity (Wildman–Crippen MR) is 71.3 cm³/mol. The molecule has 2 rings (SSSR count). The second-order valence-corrected chi connectivity index (χ2v) is 4.65. The van der Waals surface area contributed by atoms with Gasteiger partial charge in [-0.1, -0.05) is 0 Å². The lowest BCUT2D eigenvalue weighted by Crippen LogP contribution is -1.95. The van der Waals surface area contributed by atoms with E-state index >= 15 is 0 Å². The molecule has 0 saturated carbocycles. The summed E-state index contributed by atoms with van der Waals surface area (Å²) in [6.45, 7) is 0. The van der Waals surface area contributed by atoms with Crippen LogP contribution in [0.15, 0.2) is 41.3 Å². The van der Waals surface area contributed by atoms with Gasteiger partial charge < -0.3 is 4.74 Å². The van der Waals surface area contributed by atoms with E-state index in [1.165, 1.54) is 23.9 Å². The molecule has 0 spiro atoms. The van der Waals surface area contributed by atoms with Gasteiger partial charge in [0.25, 0.3) is 0 Å². The van der Waals surface area contributed by atoms with Crippen LogP contribution in [0.3, 0.4) is 0 Å². The summed E-state index contributed by atoms with van der Waals surface area (Å²) in [5.41, 5.74) is -0.286. The predicted octanol–water partition coefficient (Wildman–Crippen LogP) is 4.39. The molecule has 0 fully saturated rings. The smallest absolute Gasteiger partial charge is 0.311 e. The molecule has 0 unspecified atom stereocenters. The number of rotatable bonds is 4. The van der Waals surface area contributed by atoms with E-state index in [4.69, 9.17) is 4.74 Å². The van der Waals surface area contributed by atoms with Gasteiger partial charge in [0, 0.05) is 23.1 Å². The largest absolute Gasteiger partial charge is 0.447 e. The first-order valence-electron chi connectivity index (χ1n) is 5.46. The maximum atomic E-state index is 13.5. The molecular formula is C13H9F2NO3S. The SMILES string of the molecule is CSc1ccc([N+](=O)[O-])c(Oc2ccc(F)cc2F)c1. The van der Waals surface area contributed by atoms with E-state index in [1.807, 2.05) is 0 Å². The first-order valence-corrected chi connectivity index (χ1v) is 6.69. The number of thioether (sulfide) groups is 1. The van der Waals surface area contributed by atoms with Gasteiger partial charge in [-0.2, -0.15) is 0 Å². The average Bonchev–Trinajstić information content (AvgIpc) is 2.41. The summed E-state index contributed by atoms with van der Waals surface area (Å²) in [6.07, 6.45) is 1.80. The van der Waals surface area contributed by atoms with Gasteiger partial charge in [0.05, 0.1) is 4.92 Å². The average molecular weight is 297 g/mol. The molecule has 0 heterocycles. The molecule has 0 saturated heterocycles. The monoisotopic (exact) mass is 297 g/mol. The Hall–Kier alpha value is -2.15. The first kappa shape index (κ1) is 14.3. The Morgan fingerprint density at radius 1 is 1.15 bits per heavy atom. The first-order chi connectivity index (χ1) is 9.51. The maximum absolute atomic E-state index is 13.5. The third kappa shape index (κ3) is 3.05. The lowest BCUT2D eigenvalue weighted by molar-refractivity contribution is -0.385. The maximum Gasteiger partial charge on any atom is 0.311 e. The zero-order chi connectivity index (χ0) is 14.7. The van der Waals surface area contributed by atoms with Gasteiger partial charge in [-0.25, -0.2) is 8.78 Å². The molecule has 20 heavy (non-hydrogen) atoms. The van der Waals surface area contributed by atoms with Crippen molar-refractivity contribution >= 4 is 17.4 Å². The quantitative estimate of drug-likeness (QED) is 0.477. The fourth-order valence-corrected chi connectivity index (χ4v) is 1.96. The third-order valence-electron chi connectivity index (χ3n) is 2.48. The highest BCUT2D eigenvalue weighted by atomic mass is 32.2. The molecule has 0 aromatic heterocycles. The lowest BCUT2D eigenvalue weighted by atomic mass is 10.3. The highest BCUT2D eigenvalue weighted by Crippen LogP contribution is 2.35. The van der Waals surface area contributed by atoms with Crippen molar-refractivity contribution in [2.24, 2.45) is 0 Å². The van der Waals surface area contributed by atoms with Crippen molar-refractivity contribution in [2.45, 2.75) is 4.90 Å². The molecule has 0 atom stereocenters. The van der Waals surface area contributed by atoms with Gasteiger partial charge >= 0.3 is 5.69 Å². The summed E-state index contributed by atoms with van der Waals surface area (Å²) in [6, 6.07) is 7.04. The Kier molecular flexibility index (Phi) is 4.19. The fourth-order valence-electron chi connectivity index (χ4n) is 1.53. The van der Waals surface area contributed by atoms with Crippen LogP contribution < -0.4 is 4.74 Å². The number of nitro benzene ring substituents is 1. The second kappa shape index (κ2) is 5.87. The summed E-state index contributed by atoms with van der Waals surface area (Å²) < 4.78 is 31.5. The van der Waals surface area contributed by atoms with E-state index in [-0.39, 0.29) is 17.2 Å². The van der Waals surface area contributed by atoms with Gasteiger partial charge in [-0.15, -0.1) is 11.8 Å². The summed E-state index contributed by atoms with van der Waals surface area (Å²) in [5.74, 6) is -2.03. The Morgan fingerprint density at radius 2 is 1.90 bits per heavy atom. The van der Waals surface area contributed by atoms with E-state index in [2.05, 4.69) is 0 Å². The summed E-state index contributed by atoms with van der Waals surface area (Å²) in [7, 11) is 0. The standard InChI is InChI=1S/C13H9F2NO3S/c1-20-9-3-4-11(16(17)18)13(7-9)19-12-5-2-8(14)6-10(12)15/h2-7H,1H3. The van der Waals surface area contributed by atoms with Crippen LogP contribution >= 0.6 is 11.8 Å². The Morgan fingerprint density at radius 3 is 2.50 bits per heavy atom. The number of benzene rings is 2. The molecule has 0 bridgehead atoms. The van der Waals surface area contributed by atoms with Gasteiger partial charge in [-0.3, -0.25) is 10.1 Å². The van der Waals surface area contributed by atoms with E-state index in [0.717, 1.165) is 17.0 Å². The van der Waals surface area contributed by atoms with E-state index in [1.54, 1.807) is 12.3 Å². The second-order valence-electron chi connectivity index (χ2n) is 3.77. The number of ether oxygens (including phenoxy) is 1. The zero-order valence-electron chi connectivity index (χ0n) is 10.3. The molecule has 2 aromatic carbocycles. The van der Waals surface area contributed by atoms with Crippen LogP contribution in [0.4, 0.5) is 14.5 Å². The van der Waals surface area contributed by atoms with Crippen molar-refractivity contribution in [1.82, 2.24) is 0 Å². The minimum atomic E-state index is -0.922. The molecule has 0 aliphatic heterocycles. The van der Waals surface area contributed by atoms with E-state index in [9.17, 15) is 18.9 Å². The van der Waals surface area contributed by atoms with Crippen LogP contribution in [0.1, 0.15) is 0 Å². The summed E-state index contributed by atoms with van der Waals surface area (Å²) >= 11 is 1.36. The van der Waals surface area contributed by atoms with Gasteiger partial charge in [0.15, 0.2) is 11.6 Å². The van der Waals surface area contributed by atoms with Crippen LogP contribution in [-0.4, -0.2) is 11.2 Å². The van der Waals surface area contributed by atoms with Gasteiger partial charge in [0.2, 0.25) is 5.75 Å². The lowest BCUT2D eigenvalue weighted by Gasteiger charge is -2.08. The Bertz CT molecular complexity index is 664. The minimum Gasteiger partial charge on any atom is -0.447 e. The highest BCUT2D eigenvalue weighted by molar-refractivity contribution is 7.98. The molecule has 2 aromatic rings. The van der Waals surface area contributed by atoms with Crippen molar-refractivity contribution in [3.63, 3.8) is 0 Å². The molecule has 104 valence electrons. The zero-order valence-corrected chi connectivity index (χ0v) is 11.1. The van der Waals surface area contributed by atoms with Crippen LogP contribution in [0.5, 0.6) is 11.5 Å². The molecule has 0 N–H and O–H groups in total. The Balaban J connectivity index is 2.43. The van der Waals surface area contributed by atoms with Crippen LogP contribution in [0.2, 0.25) is 0 Å². The van der Waals surface area contributed by atoms with E-state index < -0.39 is 16.6 Å². The van der Waals surface area contributed by atoms with Crippen molar-refractivity contribution in [3.8, 4) is 11.5 Å². The Labute approximate surface area is 117 Å². The molecule has 0 aliphatic rings. The third-order valence-corrected chi connectivity index (χ3v) is 3.20. The number of nitrogens with zero attached hydrogens (tertiary/aromatic N) is 1. The molecule has 4 nitrogen and oxygen atoms in total.